The van der Waals surface area contributed by atoms with E-state index in [4.69, 9.17) is 9.47 Å². The number of carbonyl (C=O) groups excluding carboxylic acids is 3. The van der Waals surface area contributed by atoms with Gasteiger partial charge < -0.3 is 40.5 Å². The number of ether oxygens (including phenoxy) is 2. The highest BCUT2D eigenvalue weighted by atomic mass is 32.2. The summed E-state index contributed by atoms with van der Waals surface area (Å²) >= 11 is 0. The van der Waals surface area contributed by atoms with Crippen molar-refractivity contribution in [2.24, 2.45) is 11.3 Å². The topological polar surface area (TPSA) is 239 Å². The summed E-state index contributed by atoms with van der Waals surface area (Å²) in [6, 6.07) is 16.5. The van der Waals surface area contributed by atoms with Gasteiger partial charge in [0.05, 0.1) is 29.0 Å². The molecule has 2 aliphatic heterocycles. The number of nitrogens with zero attached hydrogens (tertiary/aromatic N) is 7. The van der Waals surface area contributed by atoms with Gasteiger partial charge >= 0.3 is 0 Å². The van der Waals surface area contributed by atoms with Crippen molar-refractivity contribution < 1.29 is 32.3 Å². The molecule has 0 spiro atoms. The van der Waals surface area contributed by atoms with E-state index in [1.807, 2.05) is 65.0 Å². The maximum absolute atomic E-state index is 14.9. The molecule has 3 aliphatic rings. The predicted octanol–water partition coefficient (Wildman–Crippen LogP) is 7.75. The number of nitrogens with one attached hydrogen (secondary N) is 5. The van der Waals surface area contributed by atoms with Crippen molar-refractivity contribution in [2.45, 2.75) is 141 Å². The summed E-state index contributed by atoms with van der Waals surface area (Å²) in [5.41, 5.74) is 5.73. The maximum atomic E-state index is 14.9. The molecule has 19 nitrogen and oxygen atoms in total. The fourth-order valence-electron chi connectivity index (χ4n) is 10.2. The Labute approximate surface area is 451 Å². The number of anilines is 3. The van der Waals surface area contributed by atoms with Gasteiger partial charge in [0.25, 0.3) is 0 Å². The van der Waals surface area contributed by atoms with Gasteiger partial charge in [-0.1, -0.05) is 51.1 Å². The van der Waals surface area contributed by atoms with E-state index in [1.165, 1.54) is 18.2 Å². The molecule has 3 aromatic carbocycles. The van der Waals surface area contributed by atoms with Gasteiger partial charge in [-0.2, -0.15) is 5.10 Å². The first-order valence-electron chi connectivity index (χ1n) is 26.6. The van der Waals surface area contributed by atoms with Gasteiger partial charge in [-0.3, -0.25) is 19.5 Å². The molecular weight excluding hydrogens is 997 g/mol. The molecule has 3 amide bonds. The summed E-state index contributed by atoms with van der Waals surface area (Å²) in [5.74, 6) is 2.04. The third-order valence-electron chi connectivity index (χ3n) is 15.4. The quantitative estimate of drug-likeness (QED) is 0.0661. The van der Waals surface area contributed by atoms with E-state index >= 15 is 0 Å². The van der Waals surface area contributed by atoms with Crippen molar-refractivity contribution >= 4 is 55.9 Å². The molecular formula is C57H72N12O7S. The van der Waals surface area contributed by atoms with Crippen LogP contribution in [0.15, 0.2) is 78.2 Å². The second-order valence-corrected chi connectivity index (χ2v) is 25.4. The summed E-state index contributed by atoms with van der Waals surface area (Å²) in [6.45, 7) is 18.1. The number of sulfone groups is 1. The minimum absolute atomic E-state index is 0.0730. The van der Waals surface area contributed by atoms with Crippen molar-refractivity contribution in [1.29, 1.82) is 0 Å². The number of benzene rings is 3. The lowest BCUT2D eigenvalue weighted by Crippen LogP contribution is -2.62. The van der Waals surface area contributed by atoms with Gasteiger partial charge in [0, 0.05) is 54.8 Å². The number of aromatic amines is 1. The Morgan fingerprint density at radius 1 is 0.870 bits per heavy atom. The van der Waals surface area contributed by atoms with Crippen LogP contribution < -0.4 is 35.6 Å². The molecule has 1 aliphatic carbocycles. The number of likely N-dealkylation sites (N-methyl/N-ethyl adjacent to an activating group) is 1. The van der Waals surface area contributed by atoms with Crippen molar-refractivity contribution in [2.75, 3.05) is 37.0 Å². The van der Waals surface area contributed by atoms with Gasteiger partial charge in [0.2, 0.25) is 23.6 Å². The summed E-state index contributed by atoms with van der Waals surface area (Å²) in [6.07, 6.45) is 7.39. The zero-order valence-corrected chi connectivity index (χ0v) is 46.6. The first kappa shape index (κ1) is 54.6. The Hall–Kier alpha value is -7.19. The summed E-state index contributed by atoms with van der Waals surface area (Å²) < 4.78 is 40.0. The van der Waals surface area contributed by atoms with E-state index < -0.39 is 38.1 Å². The molecule has 20 heteroatoms. The lowest BCUT2D eigenvalue weighted by molar-refractivity contribution is -0.147. The highest BCUT2D eigenvalue weighted by molar-refractivity contribution is 7.92. The maximum Gasteiger partial charge on any atom is 0.246 e. The van der Waals surface area contributed by atoms with E-state index in [0.29, 0.717) is 59.7 Å². The first-order chi connectivity index (χ1) is 36.6. The van der Waals surface area contributed by atoms with Crippen molar-refractivity contribution in [3.05, 3.63) is 107 Å². The monoisotopic (exact) mass is 1070 g/mol. The first-order valence-corrected chi connectivity index (χ1v) is 28.1. The number of aromatic nitrogens is 6. The van der Waals surface area contributed by atoms with Crippen LogP contribution in [-0.4, -0.2) is 111 Å². The molecule has 5 N–H and O–H groups in total. The second-order valence-electron chi connectivity index (χ2n) is 22.7. The lowest BCUT2D eigenvalue weighted by Gasteiger charge is -2.41. The molecule has 4 atom stereocenters. The van der Waals surface area contributed by atoms with Crippen LogP contribution in [0.3, 0.4) is 0 Å². The largest absolute Gasteiger partial charge is 0.492 e. The Kier molecular flexibility index (Phi) is 15.6. The Morgan fingerprint density at radius 2 is 1.62 bits per heavy atom. The summed E-state index contributed by atoms with van der Waals surface area (Å²) in [4.78, 5) is 64.6. The number of amides is 3. The Bertz CT molecular complexity index is 3290. The Balaban J connectivity index is 0.889. The van der Waals surface area contributed by atoms with E-state index in [2.05, 4.69) is 68.4 Å². The number of fused-ring (bicyclic) bond motifs is 3. The molecule has 77 heavy (non-hydrogen) atoms. The molecule has 1 saturated heterocycles. The zero-order valence-electron chi connectivity index (χ0n) is 45.8. The fourth-order valence-corrected chi connectivity index (χ4v) is 11.5. The molecule has 6 aromatic rings. The second kappa shape index (κ2) is 22.0. The minimum Gasteiger partial charge on any atom is -0.492 e. The molecule has 0 unspecified atom stereocenters. The van der Waals surface area contributed by atoms with Crippen LogP contribution in [0.5, 0.6) is 17.4 Å². The highest BCUT2D eigenvalue weighted by Gasteiger charge is 2.43. The molecule has 1 fully saturated rings. The predicted molar refractivity (Wildman–Crippen MR) is 295 cm³/mol. The average Bonchev–Trinajstić information content (AvgIpc) is 3.74. The molecule has 9 rings (SSSR count). The molecule has 0 bridgehead atoms. The molecule has 3 aromatic heterocycles. The smallest absolute Gasteiger partial charge is 0.246 e. The van der Waals surface area contributed by atoms with E-state index in [1.54, 1.807) is 57.8 Å². The van der Waals surface area contributed by atoms with E-state index in [9.17, 15) is 22.8 Å². The van der Waals surface area contributed by atoms with Gasteiger partial charge in [0.15, 0.2) is 15.7 Å². The number of rotatable bonds is 15. The van der Waals surface area contributed by atoms with Gasteiger partial charge in [-0.15, -0.1) is 0 Å². The SMILES string of the molecule is CN[C@@H](C)C(=O)N[C@H](C(=O)N1Cc2cc(Oc3cc(N4CCC(COc5cc6ncnc(Nc7n[nH]c(C)c7C)c6cc5S(=O)(=O)C(C)(C)C)CC4)ncn3)ccc2C[C@H]1C(=O)N[C@@H]1CCCc2ccccc21)C(C)(C)C. The van der Waals surface area contributed by atoms with Crippen molar-refractivity contribution in [1.82, 2.24) is 51.0 Å². The van der Waals surface area contributed by atoms with Crippen LogP contribution in [0, 0.1) is 25.2 Å². The highest BCUT2D eigenvalue weighted by Crippen LogP contribution is 2.39. The number of hydrogen-bond acceptors (Lipinski definition) is 15. The molecule has 0 radical (unpaired) electrons. The fraction of sp³-hybridized carbons (Fsp3) is 0.474. The number of carbonyl (C=O) groups is 3. The Morgan fingerprint density at radius 3 is 2.34 bits per heavy atom. The van der Waals surface area contributed by atoms with E-state index in [-0.39, 0.29) is 53.3 Å². The van der Waals surface area contributed by atoms with Crippen LogP contribution in [0.1, 0.15) is 114 Å². The molecule has 5 heterocycles. The lowest BCUT2D eigenvalue weighted by atomic mass is 9.83. The van der Waals surface area contributed by atoms with Gasteiger partial charge in [-0.05, 0) is 132 Å². The number of aryl methyl sites for hydroxylation is 2. The van der Waals surface area contributed by atoms with E-state index in [0.717, 1.165) is 60.1 Å². The number of H-pyrrole nitrogens is 1. The van der Waals surface area contributed by atoms with Crippen LogP contribution in [0.4, 0.5) is 17.5 Å². The third kappa shape index (κ3) is 11.7. The average molecular weight is 1070 g/mol. The third-order valence-corrected chi connectivity index (χ3v) is 17.9. The molecule has 0 saturated carbocycles. The van der Waals surface area contributed by atoms with Crippen LogP contribution in [0.2, 0.25) is 0 Å². The summed E-state index contributed by atoms with van der Waals surface area (Å²) in [7, 11) is -2.18. The normalized spacial score (nSPS) is 17.9. The van der Waals surface area contributed by atoms with Crippen LogP contribution in [-0.2, 0) is 43.6 Å². The standard InChI is InChI=1S/C57H72N12O7S/c1-33-34(2)66-67-51(33)65-52-42-26-47(77(73,74)57(7,8)9)46(27-44(42)59-31-62-52)75-30-36-20-22-68(23-21-36)48-28-49(61-32-60-48)76-40-19-18-38-25-45(54(71)63-43-17-13-15-37-14-11-12-16-41(37)43)69(29-39(38)24-40)55(72)50(56(4,5)6)64-53(70)35(3)58-10/h11-12,14,16,18-19,24,26-28,31-32,35-36,43,45,50,58H,13,15,17,20-23,25,29-30H2,1-10H3,(H,63,71)(H,64,70)(H2,59,62,65,66,67)/t35-,43+,45-,50+/m0/s1. The molecule has 408 valence electrons. The van der Waals surface area contributed by atoms with Gasteiger partial charge in [-0.25, -0.2) is 28.4 Å². The van der Waals surface area contributed by atoms with Gasteiger partial charge in [0.1, 0.15) is 52.8 Å². The van der Waals surface area contributed by atoms with Crippen molar-refractivity contribution in [3.8, 4) is 17.4 Å². The number of piperidine rings is 1. The van der Waals surface area contributed by atoms with Crippen molar-refractivity contribution in [3.63, 3.8) is 0 Å². The number of hydrogen-bond donors (Lipinski definition) is 5. The van der Waals surface area contributed by atoms with Crippen LogP contribution >= 0.6 is 0 Å². The summed E-state index contributed by atoms with van der Waals surface area (Å²) in [5, 5.41) is 20.4. The van der Waals surface area contributed by atoms with Crippen LogP contribution in [0.25, 0.3) is 10.9 Å². The zero-order chi connectivity index (χ0) is 55.0. The minimum atomic E-state index is -3.87.